The van der Waals surface area contributed by atoms with Gasteiger partial charge in [-0.1, -0.05) is 19.9 Å². The Morgan fingerprint density at radius 2 is 1.89 bits per heavy atom. The quantitative estimate of drug-likeness (QED) is 0.737. The van der Waals surface area contributed by atoms with Crippen LogP contribution in [0.15, 0.2) is 48.5 Å². The fourth-order valence-electron chi connectivity index (χ4n) is 3.35. The van der Waals surface area contributed by atoms with Crippen LogP contribution in [-0.2, 0) is 10.0 Å². The molecule has 1 heterocycles. The van der Waals surface area contributed by atoms with Crippen LogP contribution in [0.1, 0.15) is 37.0 Å². The molecule has 1 unspecified atom stereocenters. The number of hydrogen-bond acceptors (Lipinski definition) is 4. The van der Waals surface area contributed by atoms with Crippen molar-refractivity contribution in [1.29, 1.82) is 0 Å². The maximum absolute atomic E-state index is 12.5. The highest BCUT2D eigenvalue weighted by Crippen LogP contribution is 2.25. The fourth-order valence-corrected chi connectivity index (χ4v) is 4.48. The molecule has 2 aromatic carbocycles. The summed E-state index contributed by atoms with van der Waals surface area (Å²) in [4.78, 5) is 14.9. The lowest BCUT2D eigenvalue weighted by molar-refractivity contribution is 0.102. The molecular formula is C21H27N3O3S. The van der Waals surface area contributed by atoms with Gasteiger partial charge in [-0.3, -0.25) is 9.52 Å². The van der Waals surface area contributed by atoms with Gasteiger partial charge in [0.15, 0.2) is 0 Å². The predicted molar refractivity (Wildman–Crippen MR) is 115 cm³/mol. The smallest absolute Gasteiger partial charge is 0.255 e. The summed E-state index contributed by atoms with van der Waals surface area (Å²) in [5, 5.41) is 2.87. The Labute approximate surface area is 167 Å². The lowest BCUT2D eigenvalue weighted by atomic mass is 10.2. The van der Waals surface area contributed by atoms with Gasteiger partial charge in [0.25, 0.3) is 5.91 Å². The summed E-state index contributed by atoms with van der Waals surface area (Å²) in [5.41, 5.74) is 2.65. The maximum Gasteiger partial charge on any atom is 0.255 e. The van der Waals surface area contributed by atoms with Gasteiger partial charge in [0, 0.05) is 35.7 Å². The standard InChI is InChI=1S/C21H27N3O3S/c1-3-13-28(26,27)23-19-6-4-5-17(14-19)21(25)22-18-7-9-20(10-8-18)24-12-11-16(2)15-24/h4-10,14,16,23H,3,11-13,15H2,1-2H3,(H,22,25). The van der Waals surface area contributed by atoms with Crippen LogP contribution < -0.4 is 14.9 Å². The first kappa shape index (κ1) is 20.2. The predicted octanol–water partition coefficient (Wildman–Crippen LogP) is 3.94. The molecule has 150 valence electrons. The third-order valence-corrected chi connectivity index (χ3v) is 6.28. The molecule has 0 aromatic heterocycles. The lowest BCUT2D eigenvalue weighted by Crippen LogP contribution is -2.19. The zero-order valence-corrected chi connectivity index (χ0v) is 17.1. The Morgan fingerprint density at radius 3 is 2.54 bits per heavy atom. The van der Waals surface area contributed by atoms with E-state index in [1.54, 1.807) is 31.2 Å². The second-order valence-electron chi connectivity index (χ2n) is 7.34. The molecule has 3 rings (SSSR count). The molecular weight excluding hydrogens is 374 g/mol. The summed E-state index contributed by atoms with van der Waals surface area (Å²) in [5.74, 6) is 0.478. The molecule has 0 radical (unpaired) electrons. The minimum absolute atomic E-state index is 0.0472. The second kappa shape index (κ2) is 8.65. The van der Waals surface area contributed by atoms with E-state index in [1.165, 1.54) is 6.42 Å². The molecule has 0 aliphatic carbocycles. The first-order valence-corrected chi connectivity index (χ1v) is 11.3. The molecule has 1 amide bonds. The van der Waals surface area contributed by atoms with Crippen molar-refractivity contribution in [2.24, 2.45) is 5.92 Å². The van der Waals surface area contributed by atoms with Gasteiger partial charge in [-0.15, -0.1) is 0 Å². The van der Waals surface area contributed by atoms with Crippen molar-refractivity contribution in [2.75, 3.05) is 33.8 Å². The van der Waals surface area contributed by atoms with Gasteiger partial charge in [0.05, 0.1) is 5.75 Å². The number of rotatable bonds is 7. The van der Waals surface area contributed by atoms with Crippen LogP contribution in [0.5, 0.6) is 0 Å². The Morgan fingerprint density at radius 1 is 1.14 bits per heavy atom. The van der Waals surface area contributed by atoms with Crippen molar-refractivity contribution in [1.82, 2.24) is 0 Å². The molecule has 1 saturated heterocycles. The van der Waals surface area contributed by atoms with Crippen molar-refractivity contribution in [3.8, 4) is 0 Å². The van der Waals surface area contributed by atoms with E-state index in [-0.39, 0.29) is 11.7 Å². The average Bonchev–Trinajstić information content (AvgIpc) is 3.08. The number of nitrogens with zero attached hydrogens (tertiary/aromatic N) is 1. The number of carbonyl (C=O) groups excluding carboxylic acids is 1. The van der Waals surface area contributed by atoms with Crippen LogP contribution in [0.25, 0.3) is 0 Å². The summed E-state index contributed by atoms with van der Waals surface area (Å²) in [6, 6.07) is 14.3. The molecule has 2 N–H and O–H groups in total. The maximum atomic E-state index is 12.5. The van der Waals surface area contributed by atoms with Gasteiger partial charge in [0.1, 0.15) is 0 Å². The van der Waals surface area contributed by atoms with E-state index in [4.69, 9.17) is 0 Å². The SMILES string of the molecule is CCCS(=O)(=O)Nc1cccc(C(=O)Nc2ccc(N3CCC(C)C3)cc2)c1. The molecule has 2 aromatic rings. The van der Waals surface area contributed by atoms with Crippen molar-refractivity contribution in [2.45, 2.75) is 26.7 Å². The molecule has 0 saturated carbocycles. The van der Waals surface area contributed by atoms with E-state index < -0.39 is 10.0 Å². The highest BCUT2D eigenvalue weighted by Gasteiger charge is 2.18. The molecule has 1 aliphatic rings. The average molecular weight is 402 g/mol. The van der Waals surface area contributed by atoms with Crippen LogP contribution in [-0.4, -0.2) is 33.2 Å². The van der Waals surface area contributed by atoms with E-state index in [0.29, 0.717) is 29.3 Å². The minimum Gasteiger partial charge on any atom is -0.371 e. The lowest BCUT2D eigenvalue weighted by Gasteiger charge is -2.18. The van der Waals surface area contributed by atoms with Gasteiger partial charge >= 0.3 is 0 Å². The Hall–Kier alpha value is -2.54. The van der Waals surface area contributed by atoms with Crippen molar-refractivity contribution < 1.29 is 13.2 Å². The topological polar surface area (TPSA) is 78.5 Å². The van der Waals surface area contributed by atoms with Gasteiger partial charge in [-0.2, -0.15) is 0 Å². The molecule has 1 fully saturated rings. The minimum atomic E-state index is -3.39. The summed E-state index contributed by atoms with van der Waals surface area (Å²) >= 11 is 0. The molecule has 0 bridgehead atoms. The van der Waals surface area contributed by atoms with Crippen LogP contribution >= 0.6 is 0 Å². The summed E-state index contributed by atoms with van der Waals surface area (Å²) < 4.78 is 26.3. The summed E-state index contributed by atoms with van der Waals surface area (Å²) in [6.45, 7) is 6.18. The highest BCUT2D eigenvalue weighted by atomic mass is 32.2. The molecule has 0 spiro atoms. The Kier molecular flexibility index (Phi) is 6.24. The molecule has 6 nitrogen and oxygen atoms in total. The number of benzene rings is 2. The second-order valence-corrected chi connectivity index (χ2v) is 9.18. The number of amides is 1. The van der Waals surface area contributed by atoms with Crippen LogP contribution in [0.4, 0.5) is 17.1 Å². The zero-order chi connectivity index (χ0) is 20.1. The van der Waals surface area contributed by atoms with Crippen molar-refractivity contribution in [3.63, 3.8) is 0 Å². The first-order chi connectivity index (χ1) is 13.4. The third-order valence-electron chi connectivity index (χ3n) is 4.79. The Balaban J connectivity index is 1.65. The van der Waals surface area contributed by atoms with E-state index in [1.807, 2.05) is 24.3 Å². The first-order valence-electron chi connectivity index (χ1n) is 9.63. The van der Waals surface area contributed by atoms with Gasteiger partial charge < -0.3 is 10.2 Å². The van der Waals surface area contributed by atoms with E-state index in [2.05, 4.69) is 21.9 Å². The number of nitrogens with one attached hydrogen (secondary N) is 2. The molecule has 28 heavy (non-hydrogen) atoms. The Bertz CT molecular complexity index is 926. The molecule has 7 heteroatoms. The van der Waals surface area contributed by atoms with Crippen LogP contribution in [0, 0.1) is 5.92 Å². The number of anilines is 3. The highest BCUT2D eigenvalue weighted by molar-refractivity contribution is 7.92. The van der Waals surface area contributed by atoms with E-state index in [9.17, 15) is 13.2 Å². The van der Waals surface area contributed by atoms with E-state index >= 15 is 0 Å². The molecule has 1 atom stereocenters. The van der Waals surface area contributed by atoms with Crippen LogP contribution in [0.3, 0.4) is 0 Å². The summed E-state index contributed by atoms with van der Waals surface area (Å²) in [6.07, 6.45) is 1.73. The summed E-state index contributed by atoms with van der Waals surface area (Å²) in [7, 11) is -3.39. The monoisotopic (exact) mass is 401 g/mol. The zero-order valence-electron chi connectivity index (χ0n) is 16.3. The van der Waals surface area contributed by atoms with E-state index in [0.717, 1.165) is 18.8 Å². The number of sulfonamides is 1. The largest absolute Gasteiger partial charge is 0.371 e. The normalized spacial score (nSPS) is 16.8. The third kappa shape index (κ3) is 5.25. The van der Waals surface area contributed by atoms with Gasteiger partial charge in [-0.25, -0.2) is 8.42 Å². The molecule has 1 aliphatic heterocycles. The number of carbonyl (C=O) groups is 1. The van der Waals surface area contributed by atoms with Crippen molar-refractivity contribution >= 4 is 33.0 Å². The fraction of sp³-hybridized carbons (Fsp3) is 0.381. The van der Waals surface area contributed by atoms with Gasteiger partial charge in [-0.05, 0) is 61.2 Å². The number of hydrogen-bond donors (Lipinski definition) is 2. The van der Waals surface area contributed by atoms with Crippen LogP contribution in [0.2, 0.25) is 0 Å². The van der Waals surface area contributed by atoms with Crippen molar-refractivity contribution in [3.05, 3.63) is 54.1 Å². The van der Waals surface area contributed by atoms with Gasteiger partial charge in [0.2, 0.25) is 10.0 Å².